The Kier molecular flexibility index (Phi) is 5.69. The Balaban J connectivity index is 1.70. The Bertz CT molecular complexity index is 813. The molecule has 2 heterocycles. The van der Waals surface area contributed by atoms with Gasteiger partial charge in [-0.2, -0.15) is 18.3 Å². The van der Waals surface area contributed by atoms with Crippen molar-refractivity contribution in [1.82, 2.24) is 14.7 Å². The summed E-state index contributed by atoms with van der Waals surface area (Å²) < 4.78 is 40.6. The van der Waals surface area contributed by atoms with Gasteiger partial charge in [0.1, 0.15) is 0 Å². The molecule has 2 aromatic rings. The summed E-state index contributed by atoms with van der Waals surface area (Å²) in [4.78, 5) is 15.0. The van der Waals surface area contributed by atoms with Crippen LogP contribution in [0.25, 0.3) is 0 Å². The van der Waals surface area contributed by atoms with Gasteiger partial charge >= 0.3 is 6.18 Å². The highest BCUT2D eigenvalue weighted by molar-refractivity contribution is 5.98. The Morgan fingerprint density at radius 2 is 2.11 bits per heavy atom. The van der Waals surface area contributed by atoms with Crippen molar-refractivity contribution in [3.8, 4) is 0 Å². The van der Waals surface area contributed by atoms with Crippen molar-refractivity contribution in [1.29, 1.82) is 0 Å². The van der Waals surface area contributed by atoms with Crippen LogP contribution >= 0.6 is 0 Å². The van der Waals surface area contributed by atoms with Crippen LogP contribution < -0.4 is 0 Å². The monoisotopic (exact) mass is 379 g/mol. The lowest BCUT2D eigenvalue weighted by Crippen LogP contribution is -2.38. The number of ketones is 1. The molecular formula is C20H24F3N3O. The van der Waals surface area contributed by atoms with E-state index in [0.717, 1.165) is 42.9 Å². The Morgan fingerprint density at radius 1 is 1.33 bits per heavy atom. The molecule has 1 aliphatic heterocycles. The van der Waals surface area contributed by atoms with E-state index in [1.807, 2.05) is 24.7 Å². The molecule has 4 nitrogen and oxygen atoms in total. The number of halogens is 3. The molecule has 27 heavy (non-hydrogen) atoms. The van der Waals surface area contributed by atoms with Crippen LogP contribution in [0, 0.1) is 12.8 Å². The van der Waals surface area contributed by atoms with Crippen molar-refractivity contribution in [2.24, 2.45) is 5.92 Å². The molecule has 1 atom stereocenters. The molecule has 1 aromatic heterocycles. The second-order valence-corrected chi connectivity index (χ2v) is 7.11. The number of hydrogen-bond acceptors (Lipinski definition) is 3. The topological polar surface area (TPSA) is 38.1 Å². The van der Waals surface area contributed by atoms with Crippen molar-refractivity contribution in [2.45, 2.75) is 46.0 Å². The van der Waals surface area contributed by atoms with Crippen LogP contribution in [0.4, 0.5) is 13.2 Å². The van der Waals surface area contributed by atoms with Gasteiger partial charge in [-0.3, -0.25) is 14.4 Å². The fourth-order valence-electron chi connectivity index (χ4n) is 3.61. The molecule has 1 saturated heterocycles. The molecule has 0 N–H and O–H groups in total. The number of aryl methyl sites for hydroxylation is 2. The highest BCUT2D eigenvalue weighted by Gasteiger charge is 2.32. The summed E-state index contributed by atoms with van der Waals surface area (Å²) in [6.07, 6.45) is -0.853. The Morgan fingerprint density at radius 3 is 2.78 bits per heavy atom. The van der Waals surface area contributed by atoms with Crippen LogP contribution in [0.15, 0.2) is 30.5 Å². The number of Topliss-reactive ketones (excluding diaryl/α,β-unsaturated/α-hetero) is 1. The Hall–Kier alpha value is -2.15. The van der Waals surface area contributed by atoms with Crippen LogP contribution in [0.5, 0.6) is 0 Å². The summed E-state index contributed by atoms with van der Waals surface area (Å²) in [5, 5.41) is 4.45. The highest BCUT2D eigenvalue weighted by atomic mass is 19.4. The number of carbonyl (C=O) groups is 1. The van der Waals surface area contributed by atoms with Crippen molar-refractivity contribution >= 4 is 5.78 Å². The number of hydrogen-bond donors (Lipinski definition) is 0. The zero-order valence-electron chi connectivity index (χ0n) is 15.6. The van der Waals surface area contributed by atoms with E-state index in [1.165, 1.54) is 12.1 Å². The summed E-state index contributed by atoms with van der Waals surface area (Å²) in [5.41, 5.74) is 1.47. The van der Waals surface area contributed by atoms with Gasteiger partial charge in [0, 0.05) is 42.9 Å². The lowest BCUT2D eigenvalue weighted by atomic mass is 9.89. The van der Waals surface area contributed by atoms with E-state index in [2.05, 4.69) is 10.00 Å². The van der Waals surface area contributed by atoms with Gasteiger partial charge in [-0.15, -0.1) is 0 Å². The van der Waals surface area contributed by atoms with E-state index >= 15 is 0 Å². The Labute approximate surface area is 157 Å². The third-order valence-corrected chi connectivity index (χ3v) is 5.12. The maximum absolute atomic E-state index is 12.9. The number of benzene rings is 1. The number of likely N-dealkylation sites (tertiary alicyclic amines) is 1. The summed E-state index contributed by atoms with van der Waals surface area (Å²) in [7, 11) is 0. The van der Waals surface area contributed by atoms with Gasteiger partial charge < -0.3 is 0 Å². The number of rotatable bonds is 5. The molecule has 3 rings (SSSR count). The fraction of sp³-hybridized carbons (Fsp3) is 0.500. The van der Waals surface area contributed by atoms with Gasteiger partial charge in [0.05, 0.1) is 11.3 Å². The quantitative estimate of drug-likeness (QED) is 0.726. The van der Waals surface area contributed by atoms with Crippen molar-refractivity contribution in [2.75, 3.05) is 13.1 Å². The minimum Gasteiger partial charge on any atom is -0.298 e. The first-order chi connectivity index (χ1) is 12.8. The first-order valence-corrected chi connectivity index (χ1v) is 9.24. The van der Waals surface area contributed by atoms with Gasteiger partial charge in [-0.05, 0) is 45.4 Å². The average molecular weight is 379 g/mol. The first kappa shape index (κ1) is 19.6. The molecule has 0 radical (unpaired) electrons. The van der Waals surface area contributed by atoms with Crippen LogP contribution in [-0.4, -0.2) is 33.6 Å². The van der Waals surface area contributed by atoms with Crippen molar-refractivity contribution in [3.63, 3.8) is 0 Å². The van der Waals surface area contributed by atoms with Gasteiger partial charge in [0.15, 0.2) is 5.78 Å². The first-order valence-electron chi connectivity index (χ1n) is 9.24. The predicted octanol–water partition coefficient (Wildman–Crippen LogP) is 4.33. The van der Waals surface area contributed by atoms with Crippen molar-refractivity contribution < 1.29 is 18.0 Å². The van der Waals surface area contributed by atoms with E-state index in [1.54, 1.807) is 0 Å². The maximum atomic E-state index is 12.9. The summed E-state index contributed by atoms with van der Waals surface area (Å²) in [5.74, 6) is -0.476. The molecule has 0 saturated carbocycles. The number of nitrogens with zero attached hydrogens (tertiary/aromatic N) is 3. The molecule has 0 aliphatic carbocycles. The maximum Gasteiger partial charge on any atom is 0.416 e. The molecule has 0 amide bonds. The van der Waals surface area contributed by atoms with Crippen LogP contribution in [-0.2, 0) is 19.3 Å². The molecular weight excluding hydrogens is 355 g/mol. The van der Waals surface area contributed by atoms with Crippen molar-refractivity contribution in [3.05, 3.63) is 52.8 Å². The standard InChI is InChI=1S/C20H24F3N3O/c1-3-26-13-17(14(2)24-26)12-25-9-5-7-16(11-25)19(27)15-6-4-8-18(10-15)20(21,22)23/h4,6,8,10,13,16H,3,5,7,9,11-12H2,1-2H3/t16-/m1/s1. The number of alkyl halides is 3. The zero-order chi connectivity index (χ0) is 19.6. The molecule has 0 spiro atoms. The summed E-state index contributed by atoms with van der Waals surface area (Å²) >= 11 is 0. The second-order valence-electron chi connectivity index (χ2n) is 7.11. The van der Waals surface area contributed by atoms with Crippen LogP contribution in [0.3, 0.4) is 0 Å². The van der Waals surface area contributed by atoms with E-state index in [0.29, 0.717) is 19.5 Å². The fourth-order valence-corrected chi connectivity index (χ4v) is 3.61. The minimum absolute atomic E-state index is 0.145. The van der Waals surface area contributed by atoms with Gasteiger partial charge in [-0.25, -0.2) is 0 Å². The molecule has 146 valence electrons. The highest BCUT2D eigenvalue weighted by Crippen LogP contribution is 2.31. The molecule has 0 bridgehead atoms. The van der Waals surface area contributed by atoms with E-state index in [4.69, 9.17) is 0 Å². The molecule has 1 aromatic carbocycles. The largest absolute Gasteiger partial charge is 0.416 e. The third-order valence-electron chi connectivity index (χ3n) is 5.12. The molecule has 0 unspecified atom stereocenters. The SMILES string of the molecule is CCn1cc(CN2CCC[C@@H](C(=O)c3cccc(C(F)(F)F)c3)C2)c(C)n1. The molecule has 7 heteroatoms. The van der Waals surface area contributed by atoms with Gasteiger partial charge in [-0.1, -0.05) is 12.1 Å². The predicted molar refractivity (Wildman–Crippen MR) is 96.4 cm³/mol. The van der Waals surface area contributed by atoms with E-state index in [-0.39, 0.29) is 17.3 Å². The van der Waals surface area contributed by atoms with Gasteiger partial charge in [0.2, 0.25) is 0 Å². The summed E-state index contributed by atoms with van der Waals surface area (Å²) in [6, 6.07) is 4.75. The lowest BCUT2D eigenvalue weighted by molar-refractivity contribution is -0.137. The number of piperidine rings is 1. The van der Waals surface area contributed by atoms with Crippen LogP contribution in [0.2, 0.25) is 0 Å². The summed E-state index contributed by atoms with van der Waals surface area (Å²) in [6.45, 7) is 6.95. The second kappa shape index (κ2) is 7.84. The lowest BCUT2D eigenvalue weighted by Gasteiger charge is -2.32. The smallest absolute Gasteiger partial charge is 0.298 e. The average Bonchev–Trinajstić information content (AvgIpc) is 3.00. The van der Waals surface area contributed by atoms with Gasteiger partial charge in [0.25, 0.3) is 0 Å². The van der Waals surface area contributed by atoms with E-state index < -0.39 is 11.7 Å². The zero-order valence-corrected chi connectivity index (χ0v) is 15.6. The van der Waals surface area contributed by atoms with Crippen LogP contribution in [0.1, 0.15) is 46.9 Å². The molecule has 1 aliphatic rings. The number of aromatic nitrogens is 2. The number of carbonyl (C=O) groups excluding carboxylic acids is 1. The normalized spacial score (nSPS) is 18.6. The minimum atomic E-state index is -4.44. The third kappa shape index (κ3) is 4.58. The van der Waals surface area contributed by atoms with E-state index in [9.17, 15) is 18.0 Å². The molecule has 1 fully saturated rings.